The summed E-state index contributed by atoms with van der Waals surface area (Å²) in [6, 6.07) is 9.64. The van der Waals surface area contributed by atoms with Gasteiger partial charge in [-0.05, 0) is 43.2 Å². The van der Waals surface area contributed by atoms with Crippen LogP contribution in [0.1, 0.15) is 12.5 Å². The number of halogens is 2. The normalized spacial score (nSPS) is 12.4. The first-order valence-electron chi connectivity index (χ1n) is 5.88. The summed E-state index contributed by atoms with van der Waals surface area (Å²) in [5.74, 6) is 0. The molecule has 5 heteroatoms. The van der Waals surface area contributed by atoms with E-state index in [2.05, 4.69) is 4.98 Å². The minimum atomic E-state index is 0.0671. The lowest BCUT2D eigenvalue weighted by molar-refractivity contribution is 0.729. The van der Waals surface area contributed by atoms with Crippen molar-refractivity contribution in [3.8, 4) is 0 Å². The van der Waals surface area contributed by atoms with Gasteiger partial charge in [0.05, 0.1) is 5.02 Å². The van der Waals surface area contributed by atoms with E-state index in [1.807, 2.05) is 37.3 Å². The summed E-state index contributed by atoms with van der Waals surface area (Å²) in [4.78, 5) is 5.36. The summed E-state index contributed by atoms with van der Waals surface area (Å²) in [5.41, 5.74) is 6.94. The molecule has 0 aliphatic carbocycles. The highest BCUT2D eigenvalue weighted by Gasteiger charge is 2.11. The highest BCUT2D eigenvalue weighted by atomic mass is 35.5. The second-order valence-corrected chi connectivity index (χ2v) is 6.22. The van der Waals surface area contributed by atoms with Crippen molar-refractivity contribution in [2.75, 3.05) is 0 Å². The Morgan fingerprint density at radius 3 is 2.68 bits per heavy atom. The van der Waals surface area contributed by atoms with Gasteiger partial charge in [0.2, 0.25) is 0 Å². The second-order valence-electron chi connectivity index (χ2n) is 4.31. The molecule has 2 nitrogen and oxygen atoms in total. The van der Waals surface area contributed by atoms with E-state index >= 15 is 0 Å². The zero-order valence-electron chi connectivity index (χ0n) is 10.4. The lowest BCUT2D eigenvalue weighted by Gasteiger charge is -2.12. The van der Waals surface area contributed by atoms with Crippen molar-refractivity contribution >= 4 is 35.0 Å². The first-order valence-corrected chi connectivity index (χ1v) is 7.46. The van der Waals surface area contributed by atoms with E-state index in [1.165, 1.54) is 0 Å². The number of pyridine rings is 1. The maximum absolute atomic E-state index is 6.25. The summed E-state index contributed by atoms with van der Waals surface area (Å²) < 4.78 is 0. The molecule has 19 heavy (non-hydrogen) atoms. The largest absolute Gasteiger partial charge is 0.328 e. The number of aromatic nitrogens is 1. The first kappa shape index (κ1) is 14.7. The van der Waals surface area contributed by atoms with Crippen LogP contribution in [0.25, 0.3) is 0 Å². The van der Waals surface area contributed by atoms with E-state index in [1.54, 1.807) is 18.0 Å². The molecular formula is C14H14Cl2N2S. The summed E-state index contributed by atoms with van der Waals surface area (Å²) >= 11 is 13.7. The fourth-order valence-corrected chi connectivity index (χ4v) is 3.04. The molecule has 0 amide bonds. The predicted molar refractivity (Wildman–Crippen MR) is 82.2 cm³/mol. The molecule has 1 unspecified atom stereocenters. The smallest absolute Gasteiger partial charge is 0.101 e. The highest BCUT2D eigenvalue weighted by molar-refractivity contribution is 7.99. The monoisotopic (exact) mass is 312 g/mol. The molecule has 2 rings (SSSR count). The number of hydrogen-bond acceptors (Lipinski definition) is 3. The maximum atomic E-state index is 6.25. The van der Waals surface area contributed by atoms with Gasteiger partial charge in [-0.25, -0.2) is 4.98 Å². The number of benzene rings is 1. The van der Waals surface area contributed by atoms with Gasteiger partial charge >= 0.3 is 0 Å². The van der Waals surface area contributed by atoms with Gasteiger partial charge in [0.15, 0.2) is 0 Å². The average Bonchev–Trinajstić information content (AvgIpc) is 2.36. The van der Waals surface area contributed by atoms with Crippen molar-refractivity contribution in [2.45, 2.75) is 29.3 Å². The summed E-state index contributed by atoms with van der Waals surface area (Å²) in [7, 11) is 0. The van der Waals surface area contributed by atoms with Gasteiger partial charge in [0.25, 0.3) is 0 Å². The van der Waals surface area contributed by atoms with Crippen molar-refractivity contribution in [2.24, 2.45) is 5.73 Å². The molecule has 0 aliphatic heterocycles. The molecule has 0 fully saturated rings. The van der Waals surface area contributed by atoms with Crippen molar-refractivity contribution in [1.82, 2.24) is 4.98 Å². The topological polar surface area (TPSA) is 38.9 Å². The zero-order chi connectivity index (χ0) is 13.8. The van der Waals surface area contributed by atoms with Crippen LogP contribution < -0.4 is 5.73 Å². The van der Waals surface area contributed by atoms with Crippen LogP contribution in [0, 0.1) is 0 Å². The van der Waals surface area contributed by atoms with Gasteiger partial charge in [-0.3, -0.25) is 0 Å². The van der Waals surface area contributed by atoms with Crippen LogP contribution in [0.3, 0.4) is 0 Å². The Kier molecular flexibility index (Phi) is 5.11. The van der Waals surface area contributed by atoms with E-state index in [9.17, 15) is 0 Å². The first-order chi connectivity index (χ1) is 9.06. The van der Waals surface area contributed by atoms with Gasteiger partial charge in [0, 0.05) is 22.2 Å². The fourth-order valence-electron chi connectivity index (χ4n) is 1.69. The van der Waals surface area contributed by atoms with Gasteiger partial charge in [0.1, 0.15) is 5.03 Å². The van der Waals surface area contributed by atoms with Gasteiger partial charge in [-0.1, -0.05) is 41.0 Å². The molecule has 0 bridgehead atoms. The molecule has 0 radical (unpaired) electrons. The molecular weight excluding hydrogens is 299 g/mol. The molecule has 0 saturated heterocycles. The Morgan fingerprint density at radius 2 is 2.05 bits per heavy atom. The van der Waals surface area contributed by atoms with Gasteiger partial charge < -0.3 is 5.73 Å². The Morgan fingerprint density at radius 1 is 1.26 bits per heavy atom. The quantitative estimate of drug-likeness (QED) is 0.907. The van der Waals surface area contributed by atoms with Crippen LogP contribution in [0.4, 0.5) is 0 Å². The van der Waals surface area contributed by atoms with Crippen LogP contribution in [0.5, 0.6) is 0 Å². The number of nitrogens with two attached hydrogens (primary N) is 1. The van der Waals surface area contributed by atoms with E-state index in [4.69, 9.17) is 28.9 Å². The fraction of sp³-hybridized carbons (Fsp3) is 0.214. The summed E-state index contributed by atoms with van der Waals surface area (Å²) in [5, 5.41) is 2.26. The lowest BCUT2D eigenvalue weighted by atomic mass is 10.1. The third kappa shape index (κ3) is 4.11. The molecule has 0 spiro atoms. The minimum Gasteiger partial charge on any atom is -0.328 e. The second kappa shape index (κ2) is 6.62. The van der Waals surface area contributed by atoms with Crippen LogP contribution >= 0.6 is 35.0 Å². The summed E-state index contributed by atoms with van der Waals surface area (Å²) in [6.45, 7) is 1.97. The Labute approximate surface area is 127 Å². The minimum absolute atomic E-state index is 0.0671. The molecule has 0 saturated carbocycles. The lowest BCUT2D eigenvalue weighted by Crippen LogP contribution is -2.18. The third-order valence-electron chi connectivity index (χ3n) is 2.52. The Bertz CT molecular complexity index is 556. The molecule has 1 heterocycles. The molecule has 2 aromatic rings. The van der Waals surface area contributed by atoms with Crippen LogP contribution in [0.2, 0.25) is 10.0 Å². The van der Waals surface area contributed by atoms with E-state index < -0.39 is 0 Å². The molecule has 2 N–H and O–H groups in total. The number of hydrogen-bond donors (Lipinski definition) is 1. The number of nitrogens with zero attached hydrogens (tertiary/aromatic N) is 1. The Hall–Kier alpha value is -0.740. The van der Waals surface area contributed by atoms with Gasteiger partial charge in [-0.2, -0.15) is 0 Å². The zero-order valence-corrected chi connectivity index (χ0v) is 12.8. The van der Waals surface area contributed by atoms with E-state index in [0.717, 1.165) is 26.9 Å². The Balaban J connectivity index is 2.29. The SMILES string of the molecule is CC(N)Cc1c(Cl)cccc1Sc1ccc(Cl)cn1. The number of rotatable bonds is 4. The van der Waals surface area contributed by atoms with Crippen molar-refractivity contribution in [3.05, 3.63) is 52.1 Å². The van der Waals surface area contributed by atoms with Crippen LogP contribution in [-0.2, 0) is 6.42 Å². The van der Waals surface area contributed by atoms with Crippen molar-refractivity contribution in [1.29, 1.82) is 0 Å². The molecule has 1 aromatic carbocycles. The third-order valence-corrected chi connectivity index (χ3v) is 4.15. The van der Waals surface area contributed by atoms with Crippen molar-refractivity contribution in [3.63, 3.8) is 0 Å². The van der Waals surface area contributed by atoms with Crippen molar-refractivity contribution < 1.29 is 0 Å². The highest BCUT2D eigenvalue weighted by Crippen LogP contribution is 2.33. The van der Waals surface area contributed by atoms with Crippen LogP contribution in [0.15, 0.2) is 46.5 Å². The average molecular weight is 313 g/mol. The standard InChI is InChI=1S/C14H14Cl2N2S/c1-9(17)7-11-12(16)3-2-4-13(11)19-14-6-5-10(15)8-18-14/h2-6,8-9H,7,17H2,1H3. The van der Waals surface area contributed by atoms with Gasteiger partial charge in [-0.15, -0.1) is 0 Å². The molecule has 0 aliphatic rings. The summed E-state index contributed by atoms with van der Waals surface area (Å²) in [6.07, 6.45) is 2.38. The maximum Gasteiger partial charge on any atom is 0.101 e. The van der Waals surface area contributed by atoms with Crippen LogP contribution in [-0.4, -0.2) is 11.0 Å². The molecule has 1 aromatic heterocycles. The molecule has 100 valence electrons. The predicted octanol–water partition coefficient (Wildman–Crippen LogP) is 4.43. The van der Waals surface area contributed by atoms with E-state index in [0.29, 0.717) is 5.02 Å². The molecule has 1 atom stereocenters. The van der Waals surface area contributed by atoms with E-state index in [-0.39, 0.29) is 6.04 Å².